The number of nitrogens with one attached hydrogen (secondary N) is 1. The molecule has 1 rings (SSSR count). The van der Waals surface area contributed by atoms with Crippen LogP contribution in [0.2, 0.25) is 0 Å². The van der Waals surface area contributed by atoms with Gasteiger partial charge in [0.2, 0.25) is 10.0 Å². The van der Waals surface area contributed by atoms with Crippen LogP contribution < -0.4 is 5.32 Å². The molecule has 1 aliphatic heterocycles. The molecule has 1 N–H and O–H groups in total. The molecule has 0 aliphatic carbocycles. The summed E-state index contributed by atoms with van der Waals surface area (Å²) in [5.41, 5.74) is 0.283. The molecule has 4 nitrogen and oxygen atoms in total. The van der Waals surface area contributed by atoms with E-state index in [2.05, 4.69) is 26.1 Å². The average Bonchev–Trinajstić information content (AvgIpc) is 2.60. The highest BCUT2D eigenvalue weighted by Gasteiger charge is 2.30. The first kappa shape index (κ1) is 17.9. The Balaban J connectivity index is 2.51. The van der Waals surface area contributed by atoms with Crippen molar-refractivity contribution in [3.05, 3.63) is 0 Å². The van der Waals surface area contributed by atoms with Crippen LogP contribution in [0.1, 0.15) is 53.4 Å². The lowest BCUT2D eigenvalue weighted by molar-refractivity contribution is 0.217. The van der Waals surface area contributed by atoms with Crippen molar-refractivity contribution in [3.8, 4) is 0 Å². The average molecular weight is 305 g/mol. The van der Waals surface area contributed by atoms with Crippen molar-refractivity contribution in [2.75, 3.05) is 31.9 Å². The summed E-state index contributed by atoms with van der Waals surface area (Å²) in [5, 5.41) is 3.18. The predicted molar refractivity (Wildman–Crippen MR) is 85.3 cm³/mol. The van der Waals surface area contributed by atoms with Gasteiger partial charge in [0.25, 0.3) is 0 Å². The first-order valence-electron chi connectivity index (χ1n) is 7.96. The summed E-state index contributed by atoms with van der Waals surface area (Å²) >= 11 is 0. The number of sulfonamides is 1. The molecule has 1 unspecified atom stereocenters. The molecule has 1 saturated heterocycles. The van der Waals surface area contributed by atoms with Crippen LogP contribution in [0.4, 0.5) is 0 Å². The molecule has 1 aliphatic rings. The number of nitrogens with zero attached hydrogens (tertiary/aromatic N) is 1. The van der Waals surface area contributed by atoms with Crippen LogP contribution >= 0.6 is 0 Å². The predicted octanol–water partition coefficient (Wildman–Crippen LogP) is 2.46. The zero-order valence-electron chi connectivity index (χ0n) is 13.6. The van der Waals surface area contributed by atoms with Crippen molar-refractivity contribution in [2.45, 2.75) is 53.4 Å². The molecule has 120 valence electrons. The van der Waals surface area contributed by atoms with E-state index in [1.54, 1.807) is 4.31 Å². The number of hydrogen-bond donors (Lipinski definition) is 1. The van der Waals surface area contributed by atoms with Crippen LogP contribution in [0.3, 0.4) is 0 Å². The van der Waals surface area contributed by atoms with Gasteiger partial charge in [-0.3, -0.25) is 0 Å². The first-order chi connectivity index (χ1) is 9.27. The zero-order valence-corrected chi connectivity index (χ0v) is 14.4. The van der Waals surface area contributed by atoms with Crippen molar-refractivity contribution < 1.29 is 8.42 Å². The molecule has 0 radical (unpaired) electrons. The Bertz CT molecular complexity index is 374. The van der Waals surface area contributed by atoms with Gasteiger partial charge in [-0.15, -0.1) is 0 Å². The second-order valence-electron chi connectivity index (χ2n) is 6.92. The highest BCUT2D eigenvalue weighted by molar-refractivity contribution is 7.89. The molecule has 5 heteroatoms. The van der Waals surface area contributed by atoms with E-state index in [1.807, 2.05) is 6.92 Å². The van der Waals surface area contributed by atoms with E-state index in [0.29, 0.717) is 25.4 Å². The van der Waals surface area contributed by atoms with Crippen molar-refractivity contribution in [1.82, 2.24) is 9.62 Å². The molecule has 0 spiro atoms. The van der Waals surface area contributed by atoms with Gasteiger partial charge < -0.3 is 5.32 Å². The van der Waals surface area contributed by atoms with Crippen molar-refractivity contribution in [1.29, 1.82) is 0 Å². The smallest absolute Gasteiger partial charge is 0.214 e. The zero-order chi connectivity index (χ0) is 15.2. The standard InChI is InChI=1S/C15H32N2O2S/c1-5-16-10-7-13-20(18,19)17-11-6-8-14(9-12-17)15(2,3)4/h14,16H,5-13H2,1-4H3. The van der Waals surface area contributed by atoms with Gasteiger partial charge in [-0.25, -0.2) is 12.7 Å². The summed E-state index contributed by atoms with van der Waals surface area (Å²) in [6, 6.07) is 0. The normalized spacial score (nSPS) is 22.7. The van der Waals surface area contributed by atoms with Gasteiger partial charge in [0.1, 0.15) is 0 Å². The lowest BCUT2D eigenvalue weighted by Crippen LogP contribution is -2.35. The van der Waals surface area contributed by atoms with Crippen molar-refractivity contribution >= 4 is 10.0 Å². The first-order valence-corrected chi connectivity index (χ1v) is 9.57. The summed E-state index contributed by atoms with van der Waals surface area (Å²) in [6.45, 7) is 11.9. The van der Waals surface area contributed by atoms with Gasteiger partial charge in [-0.1, -0.05) is 27.7 Å². The quantitative estimate of drug-likeness (QED) is 0.767. The third-order valence-corrected chi connectivity index (χ3v) is 6.27. The lowest BCUT2D eigenvalue weighted by atomic mass is 9.77. The second kappa shape index (κ2) is 7.76. The fourth-order valence-corrected chi connectivity index (χ4v) is 4.46. The van der Waals surface area contributed by atoms with Gasteiger partial charge in [0.15, 0.2) is 0 Å². The van der Waals surface area contributed by atoms with Crippen LogP contribution in [-0.4, -0.2) is 44.7 Å². The lowest BCUT2D eigenvalue weighted by Gasteiger charge is -2.29. The maximum Gasteiger partial charge on any atom is 0.214 e. The monoisotopic (exact) mass is 304 g/mol. The maximum absolute atomic E-state index is 12.4. The van der Waals surface area contributed by atoms with E-state index < -0.39 is 10.0 Å². The van der Waals surface area contributed by atoms with E-state index >= 15 is 0 Å². The highest BCUT2D eigenvalue weighted by atomic mass is 32.2. The van der Waals surface area contributed by atoms with E-state index in [4.69, 9.17) is 0 Å². The fourth-order valence-electron chi connectivity index (χ4n) is 2.90. The summed E-state index contributed by atoms with van der Waals surface area (Å²) < 4.78 is 26.4. The second-order valence-corrected chi connectivity index (χ2v) is 9.00. The van der Waals surface area contributed by atoms with Crippen molar-refractivity contribution in [3.63, 3.8) is 0 Å². The Morgan fingerprint density at radius 1 is 1.20 bits per heavy atom. The number of rotatable bonds is 6. The van der Waals surface area contributed by atoms with E-state index in [1.165, 1.54) is 0 Å². The van der Waals surface area contributed by atoms with Gasteiger partial charge in [0, 0.05) is 13.1 Å². The van der Waals surface area contributed by atoms with Crippen molar-refractivity contribution in [2.24, 2.45) is 11.3 Å². The third-order valence-electron chi connectivity index (χ3n) is 4.31. The Kier molecular flexibility index (Phi) is 6.95. The van der Waals surface area contributed by atoms with Gasteiger partial charge in [0.05, 0.1) is 5.75 Å². The summed E-state index contributed by atoms with van der Waals surface area (Å²) in [4.78, 5) is 0. The van der Waals surface area contributed by atoms with Gasteiger partial charge >= 0.3 is 0 Å². The molecule has 1 fully saturated rings. The molecular weight excluding hydrogens is 272 g/mol. The Labute approximate surface area is 125 Å². The largest absolute Gasteiger partial charge is 0.317 e. The molecule has 0 bridgehead atoms. The summed E-state index contributed by atoms with van der Waals surface area (Å²) in [6.07, 6.45) is 3.84. The molecule has 0 saturated carbocycles. The molecule has 0 aromatic carbocycles. The molecule has 0 amide bonds. The van der Waals surface area contributed by atoms with Crippen LogP contribution in [0.5, 0.6) is 0 Å². The van der Waals surface area contributed by atoms with Crippen LogP contribution in [0.25, 0.3) is 0 Å². The van der Waals surface area contributed by atoms with E-state index in [0.717, 1.165) is 32.4 Å². The molecule has 0 aromatic heterocycles. The van der Waals surface area contributed by atoms with Gasteiger partial charge in [-0.05, 0) is 50.1 Å². The topological polar surface area (TPSA) is 49.4 Å². The number of hydrogen-bond acceptors (Lipinski definition) is 3. The van der Waals surface area contributed by atoms with Crippen LogP contribution in [0, 0.1) is 11.3 Å². The Hall–Kier alpha value is -0.130. The van der Waals surface area contributed by atoms with Crippen LogP contribution in [-0.2, 0) is 10.0 Å². The minimum atomic E-state index is -3.06. The fraction of sp³-hybridized carbons (Fsp3) is 1.00. The van der Waals surface area contributed by atoms with E-state index in [9.17, 15) is 8.42 Å². The molecule has 0 aromatic rings. The molecular formula is C15H32N2O2S. The highest BCUT2D eigenvalue weighted by Crippen LogP contribution is 2.34. The third kappa shape index (κ3) is 5.70. The summed E-state index contributed by atoms with van der Waals surface area (Å²) in [7, 11) is -3.06. The van der Waals surface area contributed by atoms with Crippen LogP contribution in [0.15, 0.2) is 0 Å². The van der Waals surface area contributed by atoms with Gasteiger partial charge in [-0.2, -0.15) is 0 Å². The minimum Gasteiger partial charge on any atom is -0.317 e. The van der Waals surface area contributed by atoms with E-state index in [-0.39, 0.29) is 11.2 Å². The SMILES string of the molecule is CCNCCCS(=O)(=O)N1CCCC(C(C)(C)C)CC1. The minimum absolute atomic E-state index is 0.278. The Morgan fingerprint density at radius 3 is 2.50 bits per heavy atom. The molecule has 20 heavy (non-hydrogen) atoms. The molecule has 1 heterocycles. The Morgan fingerprint density at radius 2 is 1.90 bits per heavy atom. The molecule has 1 atom stereocenters. The maximum atomic E-state index is 12.4. The summed E-state index contributed by atoms with van der Waals surface area (Å²) in [5.74, 6) is 0.907.